The fraction of sp³-hybridized carbons (Fsp3) is 0. The number of carbonyl (C=O) groups is 2. The molecule has 0 unspecified atom stereocenters. The van der Waals surface area contributed by atoms with Gasteiger partial charge in [0.1, 0.15) is 5.82 Å². The van der Waals surface area contributed by atoms with Crippen LogP contribution < -0.4 is 4.90 Å². The number of amides is 2. The molecule has 1 aliphatic rings. The summed E-state index contributed by atoms with van der Waals surface area (Å²) in [6, 6.07) is 14.2. The molecule has 0 fully saturated rings. The summed E-state index contributed by atoms with van der Waals surface area (Å²) < 4.78 is 0.861. The lowest BCUT2D eigenvalue weighted by Crippen LogP contribution is -2.40. The number of aromatic nitrogens is 1. The standard InChI is InChI=1S/C17H9BrN2O2/c18-13-8-7-12-15-10(13)4-3-5-11(15)16(21)20(17(12)22)14-6-1-2-9-19-14/h1-9H. The van der Waals surface area contributed by atoms with Gasteiger partial charge in [0.2, 0.25) is 0 Å². The van der Waals surface area contributed by atoms with E-state index in [1.165, 1.54) is 0 Å². The maximum Gasteiger partial charge on any atom is 0.267 e. The third kappa shape index (κ3) is 1.72. The molecule has 2 heterocycles. The predicted molar refractivity (Wildman–Crippen MR) is 87.0 cm³/mol. The lowest BCUT2D eigenvalue weighted by atomic mass is 9.94. The van der Waals surface area contributed by atoms with Crippen LogP contribution in [-0.2, 0) is 0 Å². The number of rotatable bonds is 1. The molecule has 0 bridgehead atoms. The molecule has 106 valence electrons. The van der Waals surface area contributed by atoms with E-state index >= 15 is 0 Å². The number of nitrogens with zero attached hydrogens (tertiary/aromatic N) is 2. The number of imide groups is 1. The van der Waals surface area contributed by atoms with Crippen molar-refractivity contribution < 1.29 is 9.59 Å². The summed E-state index contributed by atoms with van der Waals surface area (Å²) in [6.45, 7) is 0. The van der Waals surface area contributed by atoms with Crippen LogP contribution in [0.15, 0.2) is 59.2 Å². The zero-order valence-electron chi connectivity index (χ0n) is 11.3. The fourth-order valence-corrected chi connectivity index (χ4v) is 3.22. The number of benzene rings is 2. The van der Waals surface area contributed by atoms with E-state index in [9.17, 15) is 9.59 Å². The summed E-state index contributed by atoms with van der Waals surface area (Å²) in [5, 5.41) is 1.55. The van der Waals surface area contributed by atoms with Gasteiger partial charge in [-0.05, 0) is 35.7 Å². The van der Waals surface area contributed by atoms with Crippen LogP contribution in [0, 0.1) is 0 Å². The van der Waals surface area contributed by atoms with Crippen LogP contribution in [0.5, 0.6) is 0 Å². The van der Waals surface area contributed by atoms with E-state index in [1.807, 2.05) is 18.2 Å². The van der Waals surface area contributed by atoms with Gasteiger partial charge >= 0.3 is 0 Å². The van der Waals surface area contributed by atoms with Crippen molar-refractivity contribution in [3.05, 3.63) is 70.3 Å². The molecule has 0 aliphatic carbocycles. The van der Waals surface area contributed by atoms with E-state index in [4.69, 9.17) is 0 Å². The molecule has 4 nitrogen and oxygen atoms in total. The van der Waals surface area contributed by atoms with Gasteiger partial charge in [0.15, 0.2) is 0 Å². The molecule has 2 amide bonds. The lowest BCUT2D eigenvalue weighted by molar-refractivity contribution is 0.0892. The second-order valence-corrected chi connectivity index (χ2v) is 5.81. The molecule has 4 rings (SSSR count). The Labute approximate surface area is 134 Å². The first-order valence-corrected chi connectivity index (χ1v) is 7.49. The second-order valence-electron chi connectivity index (χ2n) is 4.96. The van der Waals surface area contributed by atoms with Gasteiger partial charge in [-0.3, -0.25) is 9.59 Å². The summed E-state index contributed by atoms with van der Waals surface area (Å²) >= 11 is 3.47. The maximum absolute atomic E-state index is 12.8. The van der Waals surface area contributed by atoms with E-state index in [-0.39, 0.29) is 11.8 Å². The summed E-state index contributed by atoms with van der Waals surface area (Å²) in [6.07, 6.45) is 1.56. The van der Waals surface area contributed by atoms with Crippen molar-refractivity contribution in [1.29, 1.82) is 0 Å². The Morgan fingerprint density at radius 3 is 2.36 bits per heavy atom. The average Bonchev–Trinajstić information content (AvgIpc) is 2.55. The summed E-state index contributed by atoms with van der Waals surface area (Å²) in [5.74, 6) is -0.358. The minimum absolute atomic E-state index is 0.336. The summed E-state index contributed by atoms with van der Waals surface area (Å²) in [7, 11) is 0. The molecule has 0 saturated carbocycles. The number of halogens is 1. The first-order chi connectivity index (χ1) is 10.7. The first kappa shape index (κ1) is 13.2. The molecule has 22 heavy (non-hydrogen) atoms. The molecule has 3 aromatic rings. The molecule has 0 N–H and O–H groups in total. The molecule has 0 saturated heterocycles. The average molecular weight is 353 g/mol. The Hall–Kier alpha value is -2.53. The molecule has 1 aromatic heterocycles. The molecule has 2 aromatic carbocycles. The Morgan fingerprint density at radius 1 is 0.864 bits per heavy atom. The Morgan fingerprint density at radius 2 is 1.64 bits per heavy atom. The van der Waals surface area contributed by atoms with Gasteiger partial charge in [-0.1, -0.05) is 34.1 Å². The largest absolute Gasteiger partial charge is 0.268 e. The van der Waals surface area contributed by atoms with Crippen LogP contribution >= 0.6 is 15.9 Å². The van der Waals surface area contributed by atoms with Crippen LogP contribution in [-0.4, -0.2) is 16.8 Å². The van der Waals surface area contributed by atoms with Gasteiger partial charge in [0, 0.05) is 27.2 Å². The quantitative estimate of drug-likeness (QED) is 0.626. The van der Waals surface area contributed by atoms with E-state index in [0.717, 1.165) is 14.8 Å². The topological polar surface area (TPSA) is 50.3 Å². The van der Waals surface area contributed by atoms with Crippen molar-refractivity contribution in [2.75, 3.05) is 4.90 Å². The smallest absolute Gasteiger partial charge is 0.267 e. The molecular weight excluding hydrogens is 344 g/mol. The van der Waals surface area contributed by atoms with E-state index in [0.29, 0.717) is 22.3 Å². The predicted octanol–water partition coefficient (Wildman–Crippen LogP) is 3.80. The van der Waals surface area contributed by atoms with Crippen LogP contribution in [0.4, 0.5) is 5.82 Å². The number of pyridine rings is 1. The molecular formula is C17H9BrN2O2. The maximum atomic E-state index is 12.8. The molecule has 0 atom stereocenters. The van der Waals surface area contributed by atoms with Crippen LogP contribution in [0.1, 0.15) is 20.7 Å². The van der Waals surface area contributed by atoms with E-state index in [2.05, 4.69) is 20.9 Å². The highest BCUT2D eigenvalue weighted by Crippen LogP contribution is 2.35. The third-order valence-corrected chi connectivity index (χ3v) is 4.42. The Bertz CT molecular complexity index is 916. The summed E-state index contributed by atoms with van der Waals surface area (Å²) in [5.41, 5.74) is 1.03. The summed E-state index contributed by atoms with van der Waals surface area (Å²) in [4.78, 5) is 30.8. The van der Waals surface area contributed by atoms with Crippen molar-refractivity contribution in [3.63, 3.8) is 0 Å². The third-order valence-electron chi connectivity index (χ3n) is 3.73. The highest BCUT2D eigenvalue weighted by atomic mass is 79.9. The number of hydrogen-bond donors (Lipinski definition) is 0. The number of hydrogen-bond acceptors (Lipinski definition) is 3. The minimum Gasteiger partial charge on any atom is -0.268 e. The van der Waals surface area contributed by atoms with Gasteiger partial charge < -0.3 is 0 Å². The Balaban J connectivity index is 2.03. The number of anilines is 1. The van der Waals surface area contributed by atoms with Gasteiger partial charge in [-0.15, -0.1) is 0 Å². The van der Waals surface area contributed by atoms with Crippen LogP contribution in [0.25, 0.3) is 10.8 Å². The van der Waals surface area contributed by atoms with Crippen molar-refractivity contribution in [1.82, 2.24) is 4.98 Å². The zero-order valence-corrected chi connectivity index (χ0v) is 12.9. The van der Waals surface area contributed by atoms with Crippen molar-refractivity contribution >= 4 is 44.3 Å². The highest BCUT2D eigenvalue weighted by Gasteiger charge is 2.34. The highest BCUT2D eigenvalue weighted by molar-refractivity contribution is 9.10. The second kappa shape index (κ2) is 4.74. The van der Waals surface area contributed by atoms with Crippen molar-refractivity contribution in [2.45, 2.75) is 0 Å². The fourth-order valence-electron chi connectivity index (χ4n) is 2.75. The van der Waals surface area contributed by atoms with Gasteiger partial charge in [-0.25, -0.2) is 9.88 Å². The first-order valence-electron chi connectivity index (χ1n) is 6.69. The molecule has 0 radical (unpaired) electrons. The van der Waals surface area contributed by atoms with Gasteiger partial charge in [0.25, 0.3) is 11.8 Å². The van der Waals surface area contributed by atoms with Gasteiger partial charge in [-0.2, -0.15) is 0 Å². The SMILES string of the molecule is O=C1c2cccc3c(Br)ccc(c23)C(=O)N1c1ccccn1. The van der Waals surface area contributed by atoms with Gasteiger partial charge in [0.05, 0.1) is 0 Å². The molecule has 5 heteroatoms. The monoisotopic (exact) mass is 352 g/mol. The minimum atomic E-state index is -0.347. The molecule has 0 spiro atoms. The van der Waals surface area contributed by atoms with Crippen LogP contribution in [0.3, 0.4) is 0 Å². The van der Waals surface area contributed by atoms with E-state index < -0.39 is 0 Å². The van der Waals surface area contributed by atoms with Crippen molar-refractivity contribution in [2.24, 2.45) is 0 Å². The van der Waals surface area contributed by atoms with Crippen molar-refractivity contribution in [3.8, 4) is 0 Å². The Kier molecular flexibility index (Phi) is 2.84. The van der Waals surface area contributed by atoms with E-state index in [1.54, 1.807) is 36.5 Å². The zero-order chi connectivity index (χ0) is 15.3. The lowest BCUT2D eigenvalue weighted by Gasteiger charge is -2.26. The number of carbonyl (C=O) groups excluding carboxylic acids is 2. The normalized spacial score (nSPS) is 13.8. The van der Waals surface area contributed by atoms with Crippen LogP contribution in [0.2, 0.25) is 0 Å². The molecule has 1 aliphatic heterocycles.